The van der Waals surface area contributed by atoms with Crippen LogP contribution in [0.25, 0.3) is 0 Å². The number of amides is 1. The summed E-state index contributed by atoms with van der Waals surface area (Å²) >= 11 is 3.22. The van der Waals surface area contributed by atoms with Crippen LogP contribution in [0.5, 0.6) is 0 Å². The quantitative estimate of drug-likeness (QED) is 0.689. The molecule has 17 heavy (non-hydrogen) atoms. The predicted molar refractivity (Wildman–Crippen MR) is 70.1 cm³/mol. The summed E-state index contributed by atoms with van der Waals surface area (Å²) in [6, 6.07) is 1.69. The van der Waals surface area contributed by atoms with Crippen molar-refractivity contribution in [1.29, 1.82) is 0 Å². The zero-order valence-corrected chi connectivity index (χ0v) is 12.4. The van der Waals surface area contributed by atoms with E-state index in [0.717, 1.165) is 4.73 Å². The van der Waals surface area contributed by atoms with Crippen LogP contribution in [0.4, 0.5) is 0 Å². The molecule has 0 unspecified atom stereocenters. The molecular formula is C12H20BrN2O2+. The second-order valence-corrected chi connectivity index (χ2v) is 4.02. The monoisotopic (exact) mass is 303 g/mol. The Kier molecular flexibility index (Phi) is 7.54. The molecule has 0 aromatic carbocycles. The van der Waals surface area contributed by atoms with E-state index in [0.29, 0.717) is 23.1 Å². The predicted octanol–water partition coefficient (Wildman–Crippen LogP) is 2.48. The fraction of sp³-hybridized carbons (Fsp3) is 0.500. The van der Waals surface area contributed by atoms with Crippen molar-refractivity contribution in [1.82, 2.24) is 4.90 Å². The Morgan fingerprint density at radius 2 is 1.88 bits per heavy atom. The first-order valence-electron chi connectivity index (χ1n) is 5.78. The summed E-state index contributed by atoms with van der Waals surface area (Å²) in [7, 11) is 0. The molecule has 1 aromatic heterocycles. The fourth-order valence-corrected chi connectivity index (χ4v) is 1.80. The molecule has 0 atom stereocenters. The van der Waals surface area contributed by atoms with E-state index in [9.17, 15) is 10.0 Å². The maximum absolute atomic E-state index is 11.9. The molecule has 4 nitrogen and oxygen atoms in total. The highest BCUT2D eigenvalue weighted by atomic mass is 79.9. The van der Waals surface area contributed by atoms with Gasteiger partial charge in [-0.3, -0.25) is 10.0 Å². The number of nitrogens with zero attached hydrogens (tertiary/aromatic N) is 2. The first-order valence-corrected chi connectivity index (χ1v) is 6.58. The maximum Gasteiger partial charge on any atom is 0.260 e. The summed E-state index contributed by atoms with van der Waals surface area (Å²) in [6.07, 6.45) is 2.87. The molecule has 96 valence electrons. The Labute approximate surface area is 111 Å². The molecule has 5 heteroatoms. The normalized spacial score (nSPS) is 9.24. The average molecular weight is 304 g/mol. The summed E-state index contributed by atoms with van der Waals surface area (Å²) < 4.78 is 1.55. The van der Waals surface area contributed by atoms with Gasteiger partial charge in [0.25, 0.3) is 5.91 Å². The second-order valence-electron chi connectivity index (χ2n) is 3.10. The van der Waals surface area contributed by atoms with E-state index >= 15 is 0 Å². The van der Waals surface area contributed by atoms with Gasteiger partial charge in [0, 0.05) is 17.8 Å². The van der Waals surface area contributed by atoms with Crippen molar-refractivity contribution in [3.8, 4) is 0 Å². The molecule has 0 aliphatic carbocycles. The van der Waals surface area contributed by atoms with E-state index in [-0.39, 0.29) is 5.91 Å². The molecule has 1 amide bonds. The average Bonchev–Trinajstić information content (AvgIpc) is 2.32. The standard InChI is InChI=1S/C10H14BrN2O2.C2H6/c1-3-12(4-2)10(14)8-5-9(11)7-13(15)6-8;1-2/h5-7,15H,3-4H2,1-2H3;1-2H3/q+1;. The van der Waals surface area contributed by atoms with E-state index < -0.39 is 0 Å². The smallest absolute Gasteiger partial charge is 0.260 e. The van der Waals surface area contributed by atoms with Crippen molar-refractivity contribution in [3.05, 3.63) is 28.5 Å². The van der Waals surface area contributed by atoms with Gasteiger partial charge >= 0.3 is 0 Å². The Morgan fingerprint density at radius 1 is 1.35 bits per heavy atom. The fourth-order valence-electron chi connectivity index (χ4n) is 1.34. The zero-order chi connectivity index (χ0) is 13.4. The summed E-state index contributed by atoms with van der Waals surface area (Å²) in [5.41, 5.74) is 0.468. The first kappa shape index (κ1) is 15.9. The van der Waals surface area contributed by atoms with Gasteiger partial charge in [0.2, 0.25) is 12.4 Å². The highest BCUT2D eigenvalue weighted by molar-refractivity contribution is 9.10. The molecule has 0 radical (unpaired) electrons. The number of carbonyl (C=O) groups excluding carboxylic acids is 1. The lowest BCUT2D eigenvalue weighted by Gasteiger charge is -2.17. The van der Waals surface area contributed by atoms with Gasteiger partial charge in [0.1, 0.15) is 5.56 Å². The molecule has 0 bridgehead atoms. The van der Waals surface area contributed by atoms with Crippen LogP contribution in [-0.2, 0) is 0 Å². The summed E-state index contributed by atoms with van der Waals surface area (Å²) in [5, 5.41) is 9.29. The van der Waals surface area contributed by atoms with E-state index in [1.54, 1.807) is 11.0 Å². The summed E-state index contributed by atoms with van der Waals surface area (Å²) in [6.45, 7) is 9.17. The van der Waals surface area contributed by atoms with Crippen LogP contribution in [0.1, 0.15) is 38.1 Å². The Balaban J connectivity index is 0.00000121. The first-order chi connectivity index (χ1) is 8.08. The maximum atomic E-state index is 11.9. The van der Waals surface area contributed by atoms with Gasteiger partial charge in [-0.05, 0) is 35.8 Å². The SMILES string of the molecule is CC.CCN(CC)C(=O)c1cc(Br)c[n+](O)c1. The minimum Gasteiger partial charge on any atom is -0.339 e. The van der Waals surface area contributed by atoms with Crippen molar-refractivity contribution in [2.45, 2.75) is 27.7 Å². The number of pyridine rings is 1. The third-order valence-electron chi connectivity index (χ3n) is 2.12. The van der Waals surface area contributed by atoms with Crippen molar-refractivity contribution >= 4 is 21.8 Å². The molecule has 0 fully saturated rings. The van der Waals surface area contributed by atoms with Crippen molar-refractivity contribution < 1.29 is 14.7 Å². The van der Waals surface area contributed by atoms with Crippen LogP contribution in [0.3, 0.4) is 0 Å². The molecule has 0 spiro atoms. The second kappa shape index (κ2) is 8.06. The van der Waals surface area contributed by atoms with Gasteiger partial charge in [-0.15, -0.1) is 0 Å². The number of aromatic nitrogens is 1. The number of hydrogen-bond acceptors (Lipinski definition) is 2. The van der Waals surface area contributed by atoms with Crippen LogP contribution in [0.15, 0.2) is 22.9 Å². The van der Waals surface area contributed by atoms with E-state index in [2.05, 4.69) is 15.9 Å². The molecule has 0 saturated heterocycles. The van der Waals surface area contributed by atoms with Gasteiger partial charge in [0.05, 0.1) is 4.47 Å². The lowest BCUT2D eigenvalue weighted by atomic mass is 10.2. The van der Waals surface area contributed by atoms with Crippen LogP contribution in [0.2, 0.25) is 0 Å². The third kappa shape index (κ3) is 4.73. The summed E-state index contributed by atoms with van der Waals surface area (Å²) in [4.78, 5) is 13.6. The van der Waals surface area contributed by atoms with Gasteiger partial charge in [-0.1, -0.05) is 13.8 Å². The van der Waals surface area contributed by atoms with Gasteiger partial charge < -0.3 is 4.90 Å². The van der Waals surface area contributed by atoms with E-state index in [4.69, 9.17) is 0 Å². The molecule has 1 heterocycles. The highest BCUT2D eigenvalue weighted by Crippen LogP contribution is 2.10. The van der Waals surface area contributed by atoms with Gasteiger partial charge in [-0.25, -0.2) is 0 Å². The van der Waals surface area contributed by atoms with E-state index in [1.807, 2.05) is 27.7 Å². The van der Waals surface area contributed by atoms with Gasteiger partial charge in [-0.2, -0.15) is 0 Å². The Bertz CT molecular complexity index is 345. The molecule has 0 aliphatic rings. The minimum absolute atomic E-state index is 0.0795. The molecule has 0 saturated carbocycles. The molecule has 1 rings (SSSR count). The van der Waals surface area contributed by atoms with Crippen LogP contribution in [0, 0.1) is 0 Å². The number of halogens is 1. The Hall–Kier alpha value is -1.10. The van der Waals surface area contributed by atoms with Crippen LogP contribution < -0.4 is 4.73 Å². The largest absolute Gasteiger partial charge is 0.339 e. The van der Waals surface area contributed by atoms with Gasteiger partial charge in [0.15, 0.2) is 0 Å². The van der Waals surface area contributed by atoms with Crippen LogP contribution >= 0.6 is 15.9 Å². The van der Waals surface area contributed by atoms with Crippen molar-refractivity contribution in [3.63, 3.8) is 0 Å². The highest BCUT2D eigenvalue weighted by Gasteiger charge is 2.17. The third-order valence-corrected chi connectivity index (χ3v) is 2.55. The topological polar surface area (TPSA) is 44.4 Å². The number of hydrogen-bond donors (Lipinski definition) is 1. The Morgan fingerprint density at radius 3 is 2.29 bits per heavy atom. The molecule has 0 aliphatic heterocycles. The van der Waals surface area contributed by atoms with Crippen molar-refractivity contribution in [2.24, 2.45) is 0 Å². The molecule has 1 aromatic rings. The lowest BCUT2D eigenvalue weighted by molar-refractivity contribution is -0.905. The molecular weight excluding hydrogens is 284 g/mol. The lowest BCUT2D eigenvalue weighted by Crippen LogP contribution is -2.35. The van der Waals surface area contributed by atoms with E-state index in [1.165, 1.54) is 12.4 Å². The zero-order valence-electron chi connectivity index (χ0n) is 10.8. The minimum atomic E-state index is -0.0795. The van der Waals surface area contributed by atoms with Crippen molar-refractivity contribution in [2.75, 3.05) is 13.1 Å². The number of rotatable bonds is 3. The number of carbonyl (C=O) groups is 1. The van der Waals surface area contributed by atoms with Crippen LogP contribution in [-0.4, -0.2) is 29.1 Å². The summed E-state index contributed by atoms with van der Waals surface area (Å²) in [5.74, 6) is -0.0795. The molecule has 1 N–H and O–H groups in total.